The van der Waals surface area contributed by atoms with E-state index in [1.54, 1.807) is 11.1 Å². The molecular weight excluding hydrogens is 284 g/mol. The van der Waals surface area contributed by atoms with Gasteiger partial charge in [0.1, 0.15) is 0 Å². The first-order valence-electron chi connectivity index (χ1n) is 7.45. The molecule has 1 saturated carbocycles. The Morgan fingerprint density at radius 3 is 2.80 bits per heavy atom. The molecule has 104 valence electrons. The summed E-state index contributed by atoms with van der Waals surface area (Å²) in [7, 11) is 0. The lowest BCUT2D eigenvalue weighted by Crippen LogP contribution is -2.00. The van der Waals surface area contributed by atoms with Crippen molar-refractivity contribution in [3.05, 3.63) is 56.8 Å². The normalized spacial score (nSPS) is 28.6. The Balaban J connectivity index is 1.65. The number of benzene rings is 1. The minimum absolute atomic E-state index is 0.195. The molecule has 1 heterocycles. The average molecular weight is 303 g/mol. The highest BCUT2D eigenvalue weighted by Gasteiger charge is 2.56. The van der Waals surface area contributed by atoms with Crippen LogP contribution in [0.3, 0.4) is 0 Å². The monoisotopic (exact) mass is 302 g/mol. The van der Waals surface area contributed by atoms with Crippen molar-refractivity contribution < 1.29 is 0 Å². The van der Waals surface area contributed by atoms with Crippen LogP contribution in [0.4, 0.5) is 0 Å². The highest BCUT2D eigenvalue weighted by Crippen LogP contribution is 2.66. The number of hydrogen-bond donors (Lipinski definition) is 0. The second kappa shape index (κ2) is 4.61. The summed E-state index contributed by atoms with van der Waals surface area (Å²) in [6.07, 6.45) is 2.55. The van der Waals surface area contributed by atoms with Gasteiger partial charge in [-0.3, -0.25) is 0 Å². The van der Waals surface area contributed by atoms with Crippen molar-refractivity contribution in [3.63, 3.8) is 0 Å². The minimum Gasteiger partial charge on any atom is -0.146 e. The third-order valence-electron chi connectivity index (χ3n) is 5.11. The van der Waals surface area contributed by atoms with Crippen LogP contribution in [0.2, 0.25) is 0 Å². The molecule has 0 N–H and O–H groups in total. The van der Waals surface area contributed by atoms with E-state index in [2.05, 4.69) is 44.2 Å². The zero-order valence-corrected chi connectivity index (χ0v) is 13.5. The van der Waals surface area contributed by atoms with Crippen molar-refractivity contribution in [2.24, 2.45) is 11.8 Å². The molecule has 0 bridgehead atoms. The van der Waals surface area contributed by atoms with Crippen LogP contribution in [0.25, 0.3) is 0 Å². The quantitative estimate of drug-likeness (QED) is 0.631. The smallest absolute Gasteiger partial charge is 0.0633 e. The fourth-order valence-electron chi connectivity index (χ4n) is 4.15. The van der Waals surface area contributed by atoms with E-state index in [0.717, 1.165) is 5.92 Å². The number of aryl methyl sites for hydroxylation is 3. The maximum atomic E-state index is 6.87. The van der Waals surface area contributed by atoms with Gasteiger partial charge >= 0.3 is 0 Å². The summed E-state index contributed by atoms with van der Waals surface area (Å²) in [6.45, 7) is 4.39. The third-order valence-corrected chi connectivity index (χ3v) is 6.61. The van der Waals surface area contributed by atoms with E-state index in [4.69, 9.17) is 11.6 Å². The molecule has 1 aromatic carbocycles. The first-order valence-corrected chi connectivity index (χ1v) is 8.71. The lowest BCUT2D eigenvalue weighted by Gasteiger charge is -2.13. The molecule has 0 saturated heterocycles. The molecule has 2 aromatic rings. The largest absolute Gasteiger partial charge is 0.146 e. The van der Waals surface area contributed by atoms with Gasteiger partial charge in [-0.1, -0.05) is 24.3 Å². The molecule has 1 fully saturated rings. The number of thiophene rings is 1. The molecule has 0 amide bonds. The number of rotatable bonds is 2. The van der Waals surface area contributed by atoms with Crippen LogP contribution >= 0.6 is 22.9 Å². The van der Waals surface area contributed by atoms with Gasteiger partial charge in [-0.2, -0.15) is 0 Å². The van der Waals surface area contributed by atoms with E-state index in [-0.39, 0.29) is 5.38 Å². The van der Waals surface area contributed by atoms with Gasteiger partial charge in [0.2, 0.25) is 0 Å². The molecule has 2 aliphatic carbocycles. The summed E-state index contributed by atoms with van der Waals surface area (Å²) in [6, 6.07) is 11.3. The predicted molar refractivity (Wildman–Crippen MR) is 86.9 cm³/mol. The van der Waals surface area contributed by atoms with Crippen molar-refractivity contribution >= 4 is 22.9 Å². The molecule has 0 radical (unpaired) electrons. The Hall–Kier alpha value is -0.790. The maximum Gasteiger partial charge on any atom is 0.0633 e. The second-order valence-electron chi connectivity index (χ2n) is 6.27. The molecule has 20 heavy (non-hydrogen) atoms. The molecule has 0 nitrogen and oxygen atoms in total. The van der Waals surface area contributed by atoms with Gasteiger partial charge in [-0.05, 0) is 67.2 Å². The number of hydrogen-bond acceptors (Lipinski definition) is 1. The summed E-state index contributed by atoms with van der Waals surface area (Å²) in [5.74, 6) is 2.17. The fourth-order valence-corrected chi connectivity index (χ4v) is 5.76. The summed E-state index contributed by atoms with van der Waals surface area (Å²) in [5.41, 5.74) is 4.51. The van der Waals surface area contributed by atoms with Gasteiger partial charge in [0.05, 0.1) is 5.38 Å². The average Bonchev–Trinajstić information content (AvgIpc) is 3.09. The third kappa shape index (κ3) is 1.87. The number of alkyl halides is 1. The zero-order valence-electron chi connectivity index (χ0n) is 11.9. The van der Waals surface area contributed by atoms with Crippen LogP contribution in [-0.2, 0) is 6.42 Å². The topological polar surface area (TPSA) is 0 Å². The van der Waals surface area contributed by atoms with Gasteiger partial charge in [-0.25, -0.2) is 0 Å². The van der Waals surface area contributed by atoms with Crippen molar-refractivity contribution in [1.82, 2.24) is 0 Å². The van der Waals surface area contributed by atoms with Gasteiger partial charge in [-0.15, -0.1) is 22.9 Å². The molecule has 1 aromatic heterocycles. The van der Waals surface area contributed by atoms with Crippen LogP contribution in [-0.4, -0.2) is 0 Å². The molecule has 4 atom stereocenters. The van der Waals surface area contributed by atoms with E-state index < -0.39 is 0 Å². The SMILES string of the molecule is Cc1cc(C(Cl)C2C3CCc4ccccc4C32)c(C)s1. The van der Waals surface area contributed by atoms with E-state index in [1.807, 2.05) is 11.3 Å². The predicted octanol–water partition coefficient (Wildman–Crippen LogP) is 5.62. The Morgan fingerprint density at radius 1 is 1.25 bits per heavy atom. The van der Waals surface area contributed by atoms with Crippen LogP contribution in [0.15, 0.2) is 30.3 Å². The second-order valence-corrected chi connectivity index (χ2v) is 8.21. The lowest BCUT2D eigenvalue weighted by molar-refractivity contribution is 0.622. The first kappa shape index (κ1) is 12.9. The Bertz CT molecular complexity index is 657. The van der Waals surface area contributed by atoms with Crippen molar-refractivity contribution in [3.8, 4) is 0 Å². The van der Waals surface area contributed by atoms with Crippen molar-refractivity contribution in [2.45, 2.75) is 38.0 Å². The summed E-state index contributed by atoms with van der Waals surface area (Å²) < 4.78 is 0. The Labute approximate surface area is 129 Å². The van der Waals surface area contributed by atoms with Gasteiger partial charge in [0.15, 0.2) is 0 Å². The van der Waals surface area contributed by atoms with Gasteiger partial charge in [0, 0.05) is 9.75 Å². The molecule has 2 heteroatoms. The van der Waals surface area contributed by atoms with E-state index in [1.165, 1.54) is 28.2 Å². The zero-order chi connectivity index (χ0) is 13.9. The van der Waals surface area contributed by atoms with E-state index in [0.29, 0.717) is 11.8 Å². The number of fused-ring (bicyclic) bond motifs is 3. The molecule has 2 aliphatic rings. The fraction of sp³-hybridized carbons (Fsp3) is 0.444. The lowest BCUT2D eigenvalue weighted by atomic mass is 9.92. The molecule has 0 spiro atoms. The minimum atomic E-state index is 0.195. The van der Waals surface area contributed by atoms with Crippen LogP contribution in [0, 0.1) is 25.7 Å². The summed E-state index contributed by atoms with van der Waals surface area (Å²) in [5, 5.41) is 0.195. The van der Waals surface area contributed by atoms with E-state index >= 15 is 0 Å². The van der Waals surface area contributed by atoms with Crippen LogP contribution in [0.1, 0.15) is 44.2 Å². The van der Waals surface area contributed by atoms with Gasteiger partial charge < -0.3 is 0 Å². The summed E-state index contributed by atoms with van der Waals surface area (Å²) in [4.78, 5) is 2.78. The molecular formula is C18H19ClS. The highest BCUT2D eigenvalue weighted by molar-refractivity contribution is 7.12. The summed E-state index contributed by atoms with van der Waals surface area (Å²) >= 11 is 8.75. The van der Waals surface area contributed by atoms with Crippen molar-refractivity contribution in [2.75, 3.05) is 0 Å². The van der Waals surface area contributed by atoms with Crippen LogP contribution in [0.5, 0.6) is 0 Å². The standard InChI is InChI=1S/C18H19ClS/c1-10-9-15(11(2)20-10)18(19)17-14-8-7-12-5-3-4-6-13(12)16(14)17/h3-6,9,14,16-18H,7-8H2,1-2H3. The maximum absolute atomic E-state index is 6.87. The number of halogens is 1. The molecule has 0 aliphatic heterocycles. The Morgan fingerprint density at radius 2 is 2.05 bits per heavy atom. The van der Waals surface area contributed by atoms with E-state index in [9.17, 15) is 0 Å². The van der Waals surface area contributed by atoms with Gasteiger partial charge in [0.25, 0.3) is 0 Å². The Kier molecular flexibility index (Phi) is 2.98. The molecule has 4 rings (SSSR count). The van der Waals surface area contributed by atoms with Crippen molar-refractivity contribution in [1.29, 1.82) is 0 Å². The molecule has 4 unspecified atom stereocenters. The highest BCUT2D eigenvalue weighted by atomic mass is 35.5. The van der Waals surface area contributed by atoms with Crippen LogP contribution < -0.4 is 0 Å². The first-order chi connectivity index (χ1) is 9.66.